The van der Waals surface area contributed by atoms with E-state index in [9.17, 15) is 9.59 Å². The van der Waals surface area contributed by atoms with Crippen molar-refractivity contribution in [2.75, 3.05) is 26.9 Å². The van der Waals surface area contributed by atoms with E-state index in [0.717, 1.165) is 35.0 Å². The largest absolute Gasteiger partial charge is 0.490 e. The molecule has 1 aliphatic rings. The molecule has 0 atom stereocenters. The van der Waals surface area contributed by atoms with Crippen LogP contribution in [0.4, 0.5) is 0 Å². The predicted molar refractivity (Wildman–Crippen MR) is 121 cm³/mol. The van der Waals surface area contributed by atoms with Crippen molar-refractivity contribution < 1.29 is 23.8 Å². The first-order chi connectivity index (χ1) is 15.5. The van der Waals surface area contributed by atoms with Crippen molar-refractivity contribution in [1.82, 2.24) is 9.88 Å². The highest BCUT2D eigenvalue weighted by Gasteiger charge is 2.26. The van der Waals surface area contributed by atoms with Crippen LogP contribution in [0.5, 0.6) is 11.5 Å². The summed E-state index contributed by atoms with van der Waals surface area (Å²) in [4.78, 5) is 30.5. The van der Waals surface area contributed by atoms with Crippen LogP contribution in [0.1, 0.15) is 52.2 Å². The maximum atomic E-state index is 13.3. The molecule has 3 aromatic rings. The van der Waals surface area contributed by atoms with Crippen LogP contribution in [0.3, 0.4) is 0 Å². The number of fused-ring (bicyclic) bond motifs is 3. The number of carbonyl (C=O) groups is 2. The Balaban J connectivity index is 1.60. The van der Waals surface area contributed by atoms with Gasteiger partial charge >= 0.3 is 5.97 Å². The Labute approximate surface area is 187 Å². The van der Waals surface area contributed by atoms with E-state index >= 15 is 0 Å². The van der Waals surface area contributed by atoms with E-state index in [1.807, 2.05) is 30.9 Å². The zero-order valence-electron chi connectivity index (χ0n) is 18.7. The molecule has 0 saturated heterocycles. The summed E-state index contributed by atoms with van der Waals surface area (Å²) in [7, 11) is 1.37. The number of rotatable bonds is 7. The SMILES string of the molecule is CCCOc1ccc(C(=O)N2CCc3[nH]c4ccc(C(=O)OC)cc4c3C2)cc1OCC. The fraction of sp³-hybridized carbons (Fsp3) is 0.360. The van der Waals surface area contributed by atoms with Gasteiger partial charge in [0.1, 0.15) is 0 Å². The van der Waals surface area contributed by atoms with E-state index in [2.05, 4.69) is 4.98 Å². The Bertz CT molecular complexity index is 1150. The van der Waals surface area contributed by atoms with Crippen molar-refractivity contribution in [3.05, 3.63) is 58.8 Å². The van der Waals surface area contributed by atoms with Gasteiger partial charge in [-0.05, 0) is 49.7 Å². The number of nitrogens with one attached hydrogen (secondary N) is 1. The van der Waals surface area contributed by atoms with Crippen LogP contribution in [0.15, 0.2) is 36.4 Å². The van der Waals surface area contributed by atoms with Crippen molar-refractivity contribution in [1.29, 1.82) is 0 Å². The highest BCUT2D eigenvalue weighted by Crippen LogP contribution is 2.32. The second-order valence-corrected chi connectivity index (χ2v) is 7.75. The van der Waals surface area contributed by atoms with E-state index in [1.54, 1.807) is 24.3 Å². The lowest BCUT2D eigenvalue weighted by atomic mass is 10.0. The molecule has 2 heterocycles. The Morgan fingerprint density at radius 3 is 2.59 bits per heavy atom. The molecule has 0 spiro atoms. The Morgan fingerprint density at radius 2 is 1.84 bits per heavy atom. The first-order valence-electron chi connectivity index (χ1n) is 11.0. The average molecular weight is 437 g/mol. The number of benzene rings is 2. The van der Waals surface area contributed by atoms with Crippen LogP contribution in [0, 0.1) is 0 Å². The van der Waals surface area contributed by atoms with E-state index in [-0.39, 0.29) is 11.9 Å². The van der Waals surface area contributed by atoms with Gasteiger partial charge in [0.15, 0.2) is 11.5 Å². The van der Waals surface area contributed by atoms with Gasteiger partial charge in [-0.2, -0.15) is 0 Å². The topological polar surface area (TPSA) is 80.9 Å². The molecule has 4 rings (SSSR count). The molecular formula is C25H28N2O5. The summed E-state index contributed by atoms with van der Waals surface area (Å²) < 4.78 is 16.3. The summed E-state index contributed by atoms with van der Waals surface area (Å²) in [6.07, 6.45) is 1.62. The van der Waals surface area contributed by atoms with E-state index in [1.165, 1.54) is 7.11 Å². The van der Waals surface area contributed by atoms with Gasteiger partial charge in [0.25, 0.3) is 5.91 Å². The lowest BCUT2D eigenvalue weighted by Gasteiger charge is -2.27. The number of esters is 1. The minimum atomic E-state index is -0.376. The van der Waals surface area contributed by atoms with Gasteiger partial charge in [-0.3, -0.25) is 4.79 Å². The number of aromatic amines is 1. The minimum absolute atomic E-state index is 0.0582. The van der Waals surface area contributed by atoms with Crippen molar-refractivity contribution in [3.63, 3.8) is 0 Å². The molecule has 1 amide bonds. The van der Waals surface area contributed by atoms with E-state index in [4.69, 9.17) is 14.2 Å². The first-order valence-corrected chi connectivity index (χ1v) is 11.0. The van der Waals surface area contributed by atoms with E-state index < -0.39 is 0 Å². The summed E-state index contributed by atoms with van der Waals surface area (Å²) >= 11 is 0. The maximum Gasteiger partial charge on any atom is 0.337 e. The van der Waals surface area contributed by atoms with Crippen molar-refractivity contribution in [2.24, 2.45) is 0 Å². The molecule has 2 aromatic carbocycles. The van der Waals surface area contributed by atoms with Crippen LogP contribution < -0.4 is 9.47 Å². The summed E-state index contributed by atoms with van der Waals surface area (Å²) in [6, 6.07) is 10.8. The number of aromatic nitrogens is 1. The van der Waals surface area contributed by atoms with Gasteiger partial charge < -0.3 is 24.1 Å². The third-order valence-corrected chi connectivity index (χ3v) is 5.64. The maximum absolute atomic E-state index is 13.3. The van der Waals surface area contributed by atoms with Gasteiger partial charge in [-0.1, -0.05) is 6.92 Å². The molecule has 7 nitrogen and oxygen atoms in total. The first kappa shape index (κ1) is 21.7. The van der Waals surface area contributed by atoms with Crippen LogP contribution in [-0.4, -0.2) is 48.6 Å². The normalized spacial score (nSPS) is 13.0. The molecule has 32 heavy (non-hydrogen) atoms. The molecule has 0 unspecified atom stereocenters. The second kappa shape index (κ2) is 9.34. The molecule has 1 aromatic heterocycles. The molecule has 168 valence electrons. The lowest BCUT2D eigenvalue weighted by molar-refractivity contribution is 0.0600. The van der Waals surface area contributed by atoms with Crippen molar-refractivity contribution in [3.8, 4) is 11.5 Å². The smallest absolute Gasteiger partial charge is 0.337 e. The molecule has 0 bridgehead atoms. The number of carbonyl (C=O) groups excluding carboxylic acids is 2. The fourth-order valence-corrected chi connectivity index (χ4v) is 4.06. The number of hydrogen-bond donors (Lipinski definition) is 1. The monoisotopic (exact) mass is 436 g/mol. The number of H-pyrrole nitrogens is 1. The standard InChI is InChI=1S/C25H28N2O5/c1-4-12-32-22-9-7-16(14-23(22)31-5-2)24(28)27-11-10-21-19(15-27)18-13-17(25(29)30-3)6-8-20(18)26-21/h6-9,13-14,26H,4-5,10-12,15H2,1-3H3. The molecule has 0 fully saturated rings. The molecule has 7 heteroatoms. The third kappa shape index (κ3) is 4.15. The van der Waals surface area contributed by atoms with Gasteiger partial charge in [0.2, 0.25) is 0 Å². The highest BCUT2D eigenvalue weighted by atomic mass is 16.5. The molecule has 0 aliphatic carbocycles. The molecule has 1 N–H and O–H groups in total. The Morgan fingerprint density at radius 1 is 1.03 bits per heavy atom. The van der Waals surface area contributed by atoms with Gasteiger partial charge in [0, 0.05) is 47.2 Å². The summed E-state index contributed by atoms with van der Waals surface area (Å²) in [6.45, 7) is 6.12. The van der Waals surface area contributed by atoms with Gasteiger partial charge in [-0.15, -0.1) is 0 Å². The number of methoxy groups -OCH3 is 1. The molecule has 1 aliphatic heterocycles. The molecule has 0 saturated carbocycles. The highest BCUT2D eigenvalue weighted by molar-refractivity contribution is 5.98. The third-order valence-electron chi connectivity index (χ3n) is 5.64. The number of amides is 1. The van der Waals surface area contributed by atoms with Crippen LogP contribution in [0.2, 0.25) is 0 Å². The average Bonchev–Trinajstić information content (AvgIpc) is 3.19. The number of hydrogen-bond acceptors (Lipinski definition) is 5. The zero-order chi connectivity index (χ0) is 22.7. The van der Waals surface area contributed by atoms with Gasteiger partial charge in [0.05, 0.1) is 25.9 Å². The molecule has 0 radical (unpaired) electrons. The van der Waals surface area contributed by atoms with Gasteiger partial charge in [-0.25, -0.2) is 4.79 Å². The van der Waals surface area contributed by atoms with Crippen LogP contribution in [-0.2, 0) is 17.7 Å². The van der Waals surface area contributed by atoms with Crippen LogP contribution in [0.25, 0.3) is 10.9 Å². The molecular weight excluding hydrogens is 408 g/mol. The zero-order valence-corrected chi connectivity index (χ0v) is 18.7. The lowest BCUT2D eigenvalue weighted by Crippen LogP contribution is -2.35. The quantitative estimate of drug-likeness (QED) is 0.557. The Hall–Kier alpha value is -3.48. The number of ether oxygens (including phenoxy) is 3. The van der Waals surface area contributed by atoms with Crippen molar-refractivity contribution in [2.45, 2.75) is 33.2 Å². The summed E-state index contributed by atoms with van der Waals surface area (Å²) in [5.41, 5.74) is 4.15. The van der Waals surface area contributed by atoms with E-state index in [0.29, 0.717) is 48.9 Å². The van der Waals surface area contributed by atoms with Crippen molar-refractivity contribution >= 4 is 22.8 Å². The fourth-order valence-electron chi connectivity index (χ4n) is 4.06. The summed E-state index contributed by atoms with van der Waals surface area (Å²) in [5.74, 6) is 0.800. The minimum Gasteiger partial charge on any atom is -0.490 e. The number of nitrogens with zero attached hydrogens (tertiary/aromatic N) is 1. The van der Waals surface area contributed by atoms with Crippen LogP contribution >= 0.6 is 0 Å². The second-order valence-electron chi connectivity index (χ2n) is 7.75. The summed E-state index contributed by atoms with van der Waals surface area (Å²) in [5, 5.41) is 0.943. The Kier molecular flexibility index (Phi) is 6.35. The predicted octanol–water partition coefficient (Wildman–Crippen LogP) is 4.34.